The highest BCUT2D eigenvalue weighted by atomic mass is 16.6. The Morgan fingerprint density at radius 3 is 1.69 bits per heavy atom. The quantitative estimate of drug-likeness (QED) is 0.698. The van der Waals surface area contributed by atoms with Gasteiger partial charge >= 0.3 is 11.9 Å². The third kappa shape index (κ3) is 4.64. The average molecular weight is 230 g/mol. The Labute approximate surface area is 97.3 Å². The van der Waals surface area contributed by atoms with Gasteiger partial charge in [0.15, 0.2) is 0 Å². The third-order valence-corrected chi connectivity index (χ3v) is 1.79. The predicted molar refractivity (Wildman–Crippen MR) is 60.9 cm³/mol. The van der Waals surface area contributed by atoms with Gasteiger partial charge < -0.3 is 9.47 Å². The van der Waals surface area contributed by atoms with Gasteiger partial charge in [0.1, 0.15) is 0 Å². The smallest absolute Gasteiger partial charge is 0.350 e. The van der Waals surface area contributed by atoms with E-state index in [9.17, 15) is 9.59 Å². The first-order valence-corrected chi connectivity index (χ1v) is 5.41. The summed E-state index contributed by atoms with van der Waals surface area (Å²) < 4.78 is 10.2. The normalized spacial score (nSPS) is 12.5. The summed E-state index contributed by atoms with van der Waals surface area (Å²) in [6.45, 7) is 11.8. The van der Waals surface area contributed by atoms with Crippen molar-refractivity contribution in [3.8, 4) is 0 Å². The van der Waals surface area contributed by atoms with Crippen LogP contribution in [0.25, 0.3) is 0 Å². The molecular formula is C12H22O4. The van der Waals surface area contributed by atoms with Gasteiger partial charge in [-0.2, -0.15) is 0 Å². The molecule has 0 aromatic carbocycles. The Bertz CT molecular complexity index is 271. The fourth-order valence-electron chi connectivity index (χ4n) is 0.782. The van der Waals surface area contributed by atoms with Crippen LogP contribution in [0.1, 0.15) is 48.5 Å². The molecule has 94 valence electrons. The zero-order valence-electron chi connectivity index (χ0n) is 11.2. The Kier molecular flexibility index (Phi) is 4.53. The molecule has 16 heavy (non-hydrogen) atoms. The van der Waals surface area contributed by atoms with Gasteiger partial charge in [-0.25, -0.2) is 4.79 Å². The third-order valence-electron chi connectivity index (χ3n) is 1.79. The van der Waals surface area contributed by atoms with E-state index in [2.05, 4.69) is 0 Å². The molecule has 0 radical (unpaired) electrons. The summed E-state index contributed by atoms with van der Waals surface area (Å²) in [5.41, 5.74) is -1.87. The summed E-state index contributed by atoms with van der Waals surface area (Å²) in [7, 11) is 0. The number of hydrogen-bond donors (Lipinski definition) is 0. The first-order valence-electron chi connectivity index (χ1n) is 5.41. The lowest BCUT2D eigenvalue weighted by atomic mass is 9.96. The molecule has 4 nitrogen and oxygen atoms in total. The number of rotatable bonds is 3. The first kappa shape index (κ1) is 14.9. The summed E-state index contributed by atoms with van der Waals surface area (Å²) in [6.07, 6.45) is -0.222. The second-order valence-corrected chi connectivity index (χ2v) is 5.60. The molecule has 0 fully saturated rings. The van der Waals surface area contributed by atoms with Crippen LogP contribution in [0.3, 0.4) is 0 Å². The molecule has 0 atom stereocenters. The second-order valence-electron chi connectivity index (χ2n) is 5.60. The van der Waals surface area contributed by atoms with Crippen LogP contribution in [-0.4, -0.2) is 23.6 Å². The molecule has 0 N–H and O–H groups in total. The number of carbonyl (C=O) groups is 2. The van der Waals surface area contributed by atoms with Crippen LogP contribution >= 0.6 is 0 Å². The highest BCUT2D eigenvalue weighted by Gasteiger charge is 2.37. The van der Waals surface area contributed by atoms with Crippen molar-refractivity contribution < 1.29 is 19.1 Å². The van der Waals surface area contributed by atoms with Gasteiger partial charge in [0.2, 0.25) is 5.60 Å². The highest BCUT2D eigenvalue weighted by Crippen LogP contribution is 2.21. The molecule has 0 bridgehead atoms. The van der Waals surface area contributed by atoms with E-state index in [1.54, 1.807) is 34.6 Å². The highest BCUT2D eigenvalue weighted by molar-refractivity contribution is 5.84. The van der Waals surface area contributed by atoms with Crippen LogP contribution < -0.4 is 0 Å². The van der Waals surface area contributed by atoms with Crippen molar-refractivity contribution in [1.82, 2.24) is 0 Å². The molecule has 0 aliphatic carbocycles. The van der Waals surface area contributed by atoms with Crippen molar-refractivity contribution in [2.75, 3.05) is 0 Å². The van der Waals surface area contributed by atoms with Gasteiger partial charge in [-0.15, -0.1) is 0 Å². The van der Waals surface area contributed by atoms with Crippen molar-refractivity contribution in [3.05, 3.63) is 0 Å². The lowest BCUT2D eigenvalue weighted by molar-refractivity contribution is -0.186. The van der Waals surface area contributed by atoms with Crippen LogP contribution in [0.2, 0.25) is 0 Å². The van der Waals surface area contributed by atoms with Crippen molar-refractivity contribution in [3.63, 3.8) is 0 Å². The standard InChI is InChI=1S/C12H22O4/c1-8(2)15-10(14)12(6,7)16-9(13)11(3,4)5/h8H,1-7H3. The average Bonchev–Trinajstić information content (AvgIpc) is 1.99. The molecule has 4 heteroatoms. The van der Waals surface area contributed by atoms with Gasteiger partial charge in [0.05, 0.1) is 11.5 Å². The molecule has 0 aromatic rings. The van der Waals surface area contributed by atoms with Gasteiger partial charge in [0.25, 0.3) is 0 Å². The molecule has 0 saturated carbocycles. The van der Waals surface area contributed by atoms with E-state index in [0.717, 1.165) is 0 Å². The van der Waals surface area contributed by atoms with Crippen molar-refractivity contribution in [1.29, 1.82) is 0 Å². The van der Waals surface area contributed by atoms with Crippen LogP contribution in [-0.2, 0) is 19.1 Å². The summed E-state index contributed by atoms with van der Waals surface area (Å²) in [4.78, 5) is 23.3. The summed E-state index contributed by atoms with van der Waals surface area (Å²) in [5.74, 6) is -0.946. The van der Waals surface area contributed by atoms with Crippen molar-refractivity contribution in [2.45, 2.75) is 60.2 Å². The zero-order valence-corrected chi connectivity index (χ0v) is 11.2. The van der Waals surface area contributed by atoms with E-state index in [1.807, 2.05) is 0 Å². The van der Waals surface area contributed by atoms with E-state index < -0.39 is 23.0 Å². The minimum absolute atomic E-state index is 0.222. The Hall–Kier alpha value is -1.06. The minimum atomic E-state index is -1.24. The van der Waals surface area contributed by atoms with Crippen LogP contribution in [0.5, 0.6) is 0 Å². The monoisotopic (exact) mass is 230 g/mol. The van der Waals surface area contributed by atoms with Gasteiger partial charge in [-0.1, -0.05) is 0 Å². The van der Waals surface area contributed by atoms with Gasteiger partial charge in [-0.05, 0) is 48.5 Å². The van der Waals surface area contributed by atoms with Crippen molar-refractivity contribution >= 4 is 11.9 Å². The molecule has 0 aliphatic rings. The molecule has 0 spiro atoms. The number of carbonyl (C=O) groups excluding carboxylic acids is 2. The molecule has 0 aliphatic heterocycles. The van der Waals surface area contributed by atoms with Gasteiger partial charge in [-0.3, -0.25) is 4.79 Å². The lowest BCUT2D eigenvalue weighted by Crippen LogP contribution is -2.42. The molecule has 0 rings (SSSR count). The van der Waals surface area contributed by atoms with Crippen LogP contribution in [0.15, 0.2) is 0 Å². The summed E-state index contributed by atoms with van der Waals surface area (Å²) in [6, 6.07) is 0. The Morgan fingerprint density at radius 1 is 0.938 bits per heavy atom. The topological polar surface area (TPSA) is 52.6 Å². The largest absolute Gasteiger partial charge is 0.460 e. The second kappa shape index (κ2) is 4.85. The Morgan fingerprint density at radius 2 is 1.38 bits per heavy atom. The lowest BCUT2D eigenvalue weighted by Gasteiger charge is -2.27. The van der Waals surface area contributed by atoms with E-state index in [-0.39, 0.29) is 6.10 Å². The first-order chi connectivity index (χ1) is 6.97. The minimum Gasteiger partial charge on any atom is -0.460 e. The van der Waals surface area contributed by atoms with E-state index in [1.165, 1.54) is 13.8 Å². The zero-order chi connectivity index (χ0) is 13.1. The Balaban J connectivity index is 4.57. The van der Waals surface area contributed by atoms with Gasteiger partial charge in [0, 0.05) is 0 Å². The maximum atomic E-state index is 11.6. The molecule has 0 unspecified atom stereocenters. The molecule has 0 saturated heterocycles. The van der Waals surface area contributed by atoms with E-state index >= 15 is 0 Å². The fraction of sp³-hybridized carbons (Fsp3) is 0.833. The van der Waals surface area contributed by atoms with Crippen LogP contribution in [0.4, 0.5) is 0 Å². The molecule has 0 amide bonds. The number of esters is 2. The van der Waals surface area contributed by atoms with E-state index in [0.29, 0.717) is 0 Å². The van der Waals surface area contributed by atoms with E-state index in [4.69, 9.17) is 9.47 Å². The SMILES string of the molecule is CC(C)OC(=O)C(C)(C)OC(=O)C(C)(C)C. The molecule has 0 heterocycles. The number of ether oxygens (including phenoxy) is 2. The number of hydrogen-bond acceptors (Lipinski definition) is 4. The maximum Gasteiger partial charge on any atom is 0.350 e. The maximum absolute atomic E-state index is 11.6. The molecular weight excluding hydrogens is 208 g/mol. The summed E-state index contributed by atoms with van der Waals surface area (Å²) >= 11 is 0. The summed E-state index contributed by atoms with van der Waals surface area (Å²) in [5, 5.41) is 0. The predicted octanol–water partition coefficient (Wildman–Crippen LogP) is 2.31. The van der Waals surface area contributed by atoms with Crippen LogP contribution in [0, 0.1) is 5.41 Å². The molecule has 0 aromatic heterocycles. The fourth-order valence-corrected chi connectivity index (χ4v) is 0.782. The van der Waals surface area contributed by atoms with Crippen molar-refractivity contribution in [2.24, 2.45) is 5.41 Å².